The standard InChI is InChI=1S/C28H32NO2.BrH/c30-28(24-11-4-1-5-12-24,25-13-6-2-7-14-25)27-17-20-29(23-27,21-18-27)19-10-22-31-26-15-8-3-9-16-26;/h1-9,11-16,30H,10,17-23H2;1H/q+1;/p-1. The average molecular weight is 494 g/mol. The number of piperidine rings is 1. The smallest absolute Gasteiger partial charge is 0.126 e. The summed E-state index contributed by atoms with van der Waals surface area (Å²) in [6.07, 6.45) is 3.17. The van der Waals surface area contributed by atoms with Crippen LogP contribution in [-0.2, 0) is 5.60 Å². The Morgan fingerprint density at radius 3 is 1.81 bits per heavy atom. The predicted octanol–water partition coefficient (Wildman–Crippen LogP) is 2.01. The van der Waals surface area contributed by atoms with Crippen LogP contribution >= 0.6 is 0 Å². The van der Waals surface area contributed by atoms with Crippen LogP contribution in [0.15, 0.2) is 91.0 Å². The SMILES string of the molecule is OC(c1ccccc1)(c1ccccc1)C12CC[N+](CCCOc3ccccc3)(CC1)C2.[Br-]. The number of aliphatic hydroxyl groups is 1. The number of quaternary nitrogens is 1. The molecule has 0 aliphatic carbocycles. The molecule has 0 radical (unpaired) electrons. The molecule has 3 aromatic rings. The fourth-order valence-electron chi connectivity index (χ4n) is 6.12. The molecule has 1 N–H and O–H groups in total. The van der Waals surface area contributed by atoms with Crippen LogP contribution in [0.25, 0.3) is 0 Å². The number of hydrogen-bond acceptors (Lipinski definition) is 2. The van der Waals surface area contributed by atoms with Gasteiger partial charge in [-0.1, -0.05) is 78.9 Å². The highest BCUT2D eigenvalue weighted by molar-refractivity contribution is 5.40. The van der Waals surface area contributed by atoms with Crippen LogP contribution < -0.4 is 21.7 Å². The lowest BCUT2D eigenvalue weighted by Gasteiger charge is -2.42. The zero-order valence-electron chi connectivity index (χ0n) is 18.5. The quantitative estimate of drug-likeness (QED) is 0.384. The van der Waals surface area contributed by atoms with Gasteiger partial charge in [0.15, 0.2) is 0 Å². The molecule has 3 aromatic carbocycles. The average Bonchev–Trinajstić information content (AvgIpc) is 3.41. The van der Waals surface area contributed by atoms with Crippen molar-refractivity contribution in [2.24, 2.45) is 5.41 Å². The molecule has 0 aromatic heterocycles. The van der Waals surface area contributed by atoms with Crippen LogP contribution in [0.4, 0.5) is 0 Å². The van der Waals surface area contributed by atoms with Gasteiger partial charge >= 0.3 is 0 Å². The molecule has 3 nitrogen and oxygen atoms in total. The molecule has 0 amide bonds. The lowest BCUT2D eigenvalue weighted by molar-refractivity contribution is -0.909. The first-order chi connectivity index (χ1) is 15.2. The van der Waals surface area contributed by atoms with Crippen molar-refractivity contribution in [3.63, 3.8) is 0 Å². The summed E-state index contributed by atoms with van der Waals surface area (Å²) < 4.78 is 7.05. The van der Waals surface area contributed by atoms with E-state index < -0.39 is 5.60 Å². The van der Waals surface area contributed by atoms with Crippen molar-refractivity contribution in [1.82, 2.24) is 0 Å². The minimum Gasteiger partial charge on any atom is -1.00 e. The number of halogens is 1. The first-order valence-corrected chi connectivity index (χ1v) is 11.5. The van der Waals surface area contributed by atoms with Crippen LogP contribution in [0.3, 0.4) is 0 Å². The van der Waals surface area contributed by atoms with E-state index in [2.05, 4.69) is 24.3 Å². The van der Waals surface area contributed by atoms with E-state index in [0.717, 1.165) is 73.4 Å². The highest BCUT2D eigenvalue weighted by Gasteiger charge is 2.65. The molecule has 0 saturated carbocycles. The van der Waals surface area contributed by atoms with E-state index in [1.165, 1.54) is 0 Å². The largest absolute Gasteiger partial charge is 1.00 e. The molecule has 4 heteroatoms. The minimum atomic E-state index is -0.952. The van der Waals surface area contributed by atoms with Gasteiger partial charge in [0.2, 0.25) is 0 Å². The van der Waals surface area contributed by atoms with E-state index in [-0.39, 0.29) is 22.4 Å². The maximum absolute atomic E-state index is 12.4. The third-order valence-electron chi connectivity index (χ3n) is 7.71. The maximum Gasteiger partial charge on any atom is 0.126 e. The Balaban J connectivity index is 0.00000245. The van der Waals surface area contributed by atoms with Gasteiger partial charge in [-0.15, -0.1) is 0 Å². The van der Waals surface area contributed by atoms with Gasteiger partial charge in [-0.3, -0.25) is 0 Å². The van der Waals surface area contributed by atoms with Gasteiger partial charge in [0.25, 0.3) is 0 Å². The predicted molar refractivity (Wildman–Crippen MR) is 124 cm³/mol. The maximum atomic E-state index is 12.4. The summed E-state index contributed by atoms with van der Waals surface area (Å²) >= 11 is 0. The second kappa shape index (κ2) is 9.38. The second-order valence-electron chi connectivity index (χ2n) is 9.41. The zero-order valence-corrected chi connectivity index (χ0v) is 20.1. The first kappa shape index (κ1) is 23.0. The fourth-order valence-corrected chi connectivity index (χ4v) is 6.12. The Morgan fingerprint density at radius 2 is 1.28 bits per heavy atom. The number of hydrogen-bond donors (Lipinski definition) is 1. The van der Waals surface area contributed by atoms with Gasteiger partial charge in [0.05, 0.1) is 38.2 Å². The molecule has 2 bridgehead atoms. The van der Waals surface area contributed by atoms with Gasteiger partial charge < -0.3 is 31.3 Å². The van der Waals surface area contributed by atoms with Crippen molar-refractivity contribution in [1.29, 1.82) is 0 Å². The van der Waals surface area contributed by atoms with Crippen LogP contribution in [0, 0.1) is 5.41 Å². The molecule has 32 heavy (non-hydrogen) atoms. The molecule has 2 aliphatic rings. The monoisotopic (exact) mass is 493 g/mol. The van der Waals surface area contributed by atoms with Crippen molar-refractivity contribution in [3.8, 4) is 5.75 Å². The fraction of sp³-hybridized carbons (Fsp3) is 0.357. The minimum absolute atomic E-state index is 0. The number of fused-ring (bicyclic) bond motifs is 2. The molecular weight excluding hydrogens is 462 g/mol. The number of rotatable bonds is 8. The summed E-state index contributed by atoms with van der Waals surface area (Å²) in [5, 5.41) is 12.4. The highest BCUT2D eigenvalue weighted by Crippen LogP contribution is 2.58. The third kappa shape index (κ3) is 4.00. The Labute approximate surface area is 202 Å². The second-order valence-corrected chi connectivity index (χ2v) is 9.41. The lowest BCUT2D eigenvalue weighted by Crippen LogP contribution is -3.00. The molecule has 168 valence electrons. The molecule has 0 unspecified atom stereocenters. The van der Waals surface area contributed by atoms with Crippen molar-refractivity contribution in [2.75, 3.05) is 32.8 Å². The van der Waals surface area contributed by atoms with Crippen molar-refractivity contribution < 1.29 is 31.3 Å². The number of para-hydroxylation sites is 1. The van der Waals surface area contributed by atoms with Gasteiger partial charge in [-0.05, 0) is 23.3 Å². The lowest BCUT2D eigenvalue weighted by atomic mass is 9.63. The summed E-state index contributed by atoms with van der Waals surface area (Å²) in [7, 11) is 0. The summed E-state index contributed by atoms with van der Waals surface area (Å²) in [4.78, 5) is 0. The molecule has 0 spiro atoms. The number of ether oxygens (including phenoxy) is 1. The van der Waals surface area contributed by atoms with E-state index in [9.17, 15) is 5.11 Å². The normalized spacial score (nSPS) is 24.2. The van der Waals surface area contributed by atoms with E-state index >= 15 is 0 Å². The zero-order chi connectivity index (χ0) is 21.2. The van der Waals surface area contributed by atoms with Crippen LogP contribution in [-0.4, -0.2) is 42.4 Å². The summed E-state index contributed by atoms with van der Waals surface area (Å²) in [5.41, 5.74) is 0.980. The van der Waals surface area contributed by atoms with E-state index in [0.29, 0.717) is 0 Å². The van der Waals surface area contributed by atoms with E-state index in [1.54, 1.807) is 0 Å². The topological polar surface area (TPSA) is 29.5 Å². The van der Waals surface area contributed by atoms with Crippen LogP contribution in [0.5, 0.6) is 5.75 Å². The summed E-state index contributed by atoms with van der Waals surface area (Å²) in [6.45, 7) is 5.20. The summed E-state index contributed by atoms with van der Waals surface area (Å²) in [6, 6.07) is 30.7. The molecule has 5 rings (SSSR count). The first-order valence-electron chi connectivity index (χ1n) is 11.5. The molecule has 2 fully saturated rings. The third-order valence-corrected chi connectivity index (χ3v) is 7.71. The Morgan fingerprint density at radius 1 is 0.781 bits per heavy atom. The van der Waals surface area contributed by atoms with Crippen molar-refractivity contribution in [3.05, 3.63) is 102 Å². The molecule has 2 aliphatic heterocycles. The summed E-state index contributed by atoms with van der Waals surface area (Å²) in [5.74, 6) is 0.947. The molecule has 2 saturated heterocycles. The number of benzene rings is 3. The van der Waals surface area contributed by atoms with Crippen LogP contribution in [0.2, 0.25) is 0 Å². The van der Waals surface area contributed by atoms with Crippen LogP contribution in [0.1, 0.15) is 30.4 Å². The highest BCUT2D eigenvalue weighted by atomic mass is 79.9. The Hall–Kier alpha value is -2.14. The van der Waals surface area contributed by atoms with Gasteiger partial charge in [0.1, 0.15) is 11.4 Å². The van der Waals surface area contributed by atoms with Gasteiger partial charge in [-0.25, -0.2) is 0 Å². The van der Waals surface area contributed by atoms with Crippen molar-refractivity contribution >= 4 is 0 Å². The van der Waals surface area contributed by atoms with Gasteiger partial charge in [-0.2, -0.15) is 0 Å². The Kier molecular flexibility index (Phi) is 6.75. The molecule has 2 heterocycles. The van der Waals surface area contributed by atoms with Gasteiger partial charge in [0, 0.05) is 19.3 Å². The molecular formula is C28H32BrNO2. The van der Waals surface area contributed by atoms with Crippen molar-refractivity contribution in [2.45, 2.75) is 24.9 Å². The Bertz CT molecular complexity index is 946. The van der Waals surface area contributed by atoms with E-state index in [1.807, 2.05) is 66.7 Å². The molecule has 0 atom stereocenters. The number of nitrogens with zero attached hydrogens (tertiary/aromatic N) is 1. The van der Waals surface area contributed by atoms with E-state index in [4.69, 9.17) is 4.74 Å².